The Labute approximate surface area is 87.3 Å². The molecule has 0 radical (unpaired) electrons. The molecule has 66 valence electrons. The molecule has 0 bridgehead atoms. The molecule has 2 heterocycles. The maximum absolute atomic E-state index is 10.9. The van der Waals surface area contributed by atoms with Crippen LogP contribution in [-0.2, 0) is 0 Å². The molecule has 0 spiro atoms. The van der Waals surface area contributed by atoms with E-state index in [0.29, 0.717) is 11.5 Å². The molecular formula is C7H5IN4O. The minimum absolute atomic E-state index is 0.173. The molecule has 0 fully saturated rings. The molecule has 2 aromatic heterocycles. The van der Waals surface area contributed by atoms with Crippen molar-refractivity contribution >= 4 is 22.9 Å². The number of nitrogens with zero attached hydrogens (tertiary/aromatic N) is 3. The van der Waals surface area contributed by atoms with Gasteiger partial charge in [-0.05, 0) is 0 Å². The van der Waals surface area contributed by atoms with Gasteiger partial charge < -0.3 is 4.98 Å². The van der Waals surface area contributed by atoms with Gasteiger partial charge in [-0.1, -0.05) is 0 Å². The molecule has 0 aromatic carbocycles. The van der Waals surface area contributed by atoms with Crippen LogP contribution in [0, 0.1) is 0 Å². The van der Waals surface area contributed by atoms with Crippen LogP contribution in [0.4, 0.5) is 0 Å². The number of hydrogen-bond donors (Lipinski definition) is 1. The van der Waals surface area contributed by atoms with Crippen molar-refractivity contribution in [3.05, 3.63) is 35.1 Å². The minimum atomic E-state index is -0.173. The van der Waals surface area contributed by atoms with Crippen molar-refractivity contribution in [2.24, 2.45) is 0 Å². The summed E-state index contributed by atoms with van der Waals surface area (Å²) in [6.45, 7) is 0. The zero-order valence-electron chi connectivity index (χ0n) is 6.44. The summed E-state index contributed by atoms with van der Waals surface area (Å²) >= 11 is 2.07. The lowest BCUT2D eigenvalue weighted by atomic mass is 10.4. The molecule has 0 atom stereocenters. The van der Waals surface area contributed by atoms with Crippen LogP contribution < -0.4 is 5.56 Å². The first-order chi connectivity index (χ1) is 6.25. The van der Waals surface area contributed by atoms with Crippen LogP contribution in [0.15, 0.2) is 29.6 Å². The largest absolute Gasteiger partial charge is 0.305 e. The summed E-state index contributed by atoms with van der Waals surface area (Å²) in [4.78, 5) is 21.6. The highest BCUT2D eigenvalue weighted by atomic mass is 127. The van der Waals surface area contributed by atoms with E-state index in [0.717, 1.165) is 0 Å². The zero-order chi connectivity index (χ0) is 9.26. The van der Waals surface area contributed by atoms with Gasteiger partial charge in [0.25, 0.3) is 5.56 Å². The summed E-state index contributed by atoms with van der Waals surface area (Å²) in [5, 5.41) is 0. The average Bonchev–Trinajstić information content (AvgIpc) is 2.52. The smallest absolute Gasteiger partial charge is 0.251 e. The number of aromatic amines is 1. The summed E-state index contributed by atoms with van der Waals surface area (Å²) in [6, 6.07) is 1.37. The number of nitrogens with one attached hydrogen (secondary N) is 1. The topological polar surface area (TPSA) is 63.6 Å². The van der Waals surface area contributed by atoms with Gasteiger partial charge in [0.1, 0.15) is 12.0 Å². The molecule has 1 N–H and O–H groups in total. The molecule has 2 aromatic rings. The number of halogens is 1. The van der Waals surface area contributed by atoms with Crippen LogP contribution in [0.5, 0.6) is 0 Å². The molecule has 5 nitrogen and oxygen atoms in total. The number of aromatic nitrogens is 4. The Balaban J connectivity index is 2.52. The normalized spacial score (nSPS) is 10.2. The molecular weight excluding hydrogens is 283 g/mol. The van der Waals surface area contributed by atoms with Crippen LogP contribution in [0.25, 0.3) is 11.5 Å². The van der Waals surface area contributed by atoms with E-state index in [-0.39, 0.29) is 5.56 Å². The van der Waals surface area contributed by atoms with E-state index in [9.17, 15) is 4.79 Å². The molecule has 0 aliphatic rings. The number of rotatable bonds is 1. The molecule has 0 amide bonds. The third kappa shape index (κ3) is 1.77. The molecule has 0 aliphatic carbocycles. The lowest BCUT2D eigenvalue weighted by Crippen LogP contribution is -2.05. The fourth-order valence-electron chi connectivity index (χ4n) is 0.923. The summed E-state index contributed by atoms with van der Waals surface area (Å²) < 4.78 is 1.76. The fraction of sp³-hybridized carbons (Fsp3) is 0. The van der Waals surface area contributed by atoms with Crippen molar-refractivity contribution in [3.63, 3.8) is 0 Å². The van der Waals surface area contributed by atoms with Gasteiger partial charge in [0, 0.05) is 18.5 Å². The van der Waals surface area contributed by atoms with Crippen molar-refractivity contribution in [1.82, 2.24) is 17.7 Å². The molecule has 13 heavy (non-hydrogen) atoms. The second-order valence-corrected chi connectivity index (χ2v) is 3.50. The van der Waals surface area contributed by atoms with Crippen molar-refractivity contribution in [1.29, 1.82) is 0 Å². The SMILES string of the molecule is O=c1ccnc(-c2cn(I)cn2)[nH]1. The van der Waals surface area contributed by atoms with Crippen LogP contribution in [0.1, 0.15) is 0 Å². The number of hydrogen-bond acceptors (Lipinski definition) is 3. The van der Waals surface area contributed by atoms with E-state index in [4.69, 9.17) is 0 Å². The zero-order valence-corrected chi connectivity index (χ0v) is 8.59. The molecule has 0 aliphatic heterocycles. The standard InChI is InChI=1S/C7H5IN4O/c8-12-3-5(10-4-12)7-9-2-1-6(13)11-7/h1-4H,(H,9,11,13). The summed E-state index contributed by atoms with van der Waals surface area (Å²) in [7, 11) is 0. The van der Waals surface area contributed by atoms with Crippen molar-refractivity contribution in [3.8, 4) is 11.5 Å². The first-order valence-electron chi connectivity index (χ1n) is 3.51. The van der Waals surface area contributed by atoms with E-state index in [1.807, 2.05) is 0 Å². The van der Waals surface area contributed by atoms with Gasteiger partial charge in [0.2, 0.25) is 0 Å². The quantitative estimate of drug-likeness (QED) is 0.791. The summed E-state index contributed by atoms with van der Waals surface area (Å²) in [6.07, 6.45) is 4.88. The Bertz CT molecular complexity index is 475. The van der Waals surface area contributed by atoms with Crippen molar-refractivity contribution < 1.29 is 0 Å². The van der Waals surface area contributed by atoms with Crippen LogP contribution >= 0.6 is 22.9 Å². The van der Waals surface area contributed by atoms with Gasteiger partial charge in [-0.3, -0.25) is 7.58 Å². The fourth-order valence-corrected chi connectivity index (χ4v) is 1.31. The Morgan fingerprint density at radius 2 is 2.31 bits per heavy atom. The van der Waals surface area contributed by atoms with Crippen LogP contribution in [-0.4, -0.2) is 17.7 Å². The van der Waals surface area contributed by atoms with Gasteiger partial charge >= 0.3 is 0 Å². The summed E-state index contributed by atoms with van der Waals surface area (Å²) in [5.41, 5.74) is 0.486. The van der Waals surface area contributed by atoms with Gasteiger partial charge in [-0.2, -0.15) is 0 Å². The highest BCUT2D eigenvalue weighted by Crippen LogP contribution is 2.10. The van der Waals surface area contributed by atoms with Crippen LogP contribution in [0.3, 0.4) is 0 Å². The molecule has 6 heteroatoms. The molecule has 0 unspecified atom stereocenters. The number of H-pyrrole nitrogens is 1. The average molecular weight is 288 g/mol. The lowest BCUT2D eigenvalue weighted by molar-refractivity contribution is 1.11. The van der Waals surface area contributed by atoms with E-state index in [1.54, 1.807) is 15.3 Å². The van der Waals surface area contributed by atoms with Crippen molar-refractivity contribution in [2.45, 2.75) is 0 Å². The van der Waals surface area contributed by atoms with Gasteiger partial charge in [-0.15, -0.1) is 0 Å². The van der Waals surface area contributed by atoms with E-state index < -0.39 is 0 Å². The third-order valence-electron chi connectivity index (χ3n) is 1.47. The maximum atomic E-state index is 10.9. The Morgan fingerprint density at radius 1 is 1.46 bits per heavy atom. The van der Waals surface area contributed by atoms with E-state index >= 15 is 0 Å². The molecule has 2 rings (SSSR count). The van der Waals surface area contributed by atoms with Gasteiger partial charge in [-0.25, -0.2) is 9.97 Å². The highest BCUT2D eigenvalue weighted by molar-refractivity contribution is 14.1. The second kappa shape index (κ2) is 3.29. The Hall–Kier alpha value is -1.18. The van der Waals surface area contributed by atoms with Gasteiger partial charge in [0.05, 0.1) is 22.9 Å². The maximum Gasteiger partial charge on any atom is 0.251 e. The van der Waals surface area contributed by atoms with Gasteiger partial charge in [0.15, 0.2) is 5.82 Å². The third-order valence-corrected chi connectivity index (χ3v) is 1.99. The Kier molecular flexibility index (Phi) is 2.13. The Morgan fingerprint density at radius 3 is 2.92 bits per heavy atom. The molecule has 0 saturated carbocycles. The highest BCUT2D eigenvalue weighted by Gasteiger charge is 2.02. The first-order valence-corrected chi connectivity index (χ1v) is 4.48. The predicted octanol–water partition coefficient (Wildman–Crippen LogP) is 0.831. The first kappa shape index (κ1) is 8.42. The molecule has 0 saturated heterocycles. The van der Waals surface area contributed by atoms with E-state index in [1.165, 1.54) is 12.3 Å². The monoisotopic (exact) mass is 288 g/mol. The van der Waals surface area contributed by atoms with Crippen molar-refractivity contribution in [2.75, 3.05) is 0 Å². The van der Waals surface area contributed by atoms with E-state index in [2.05, 4.69) is 37.8 Å². The second-order valence-electron chi connectivity index (χ2n) is 2.39. The lowest BCUT2D eigenvalue weighted by Gasteiger charge is -1.92. The number of imidazole rings is 1. The predicted molar refractivity (Wildman–Crippen MR) is 55.5 cm³/mol. The minimum Gasteiger partial charge on any atom is -0.305 e. The van der Waals surface area contributed by atoms with Crippen LogP contribution in [0.2, 0.25) is 0 Å². The summed E-state index contributed by atoms with van der Waals surface area (Å²) in [5.74, 6) is 0.489.